The lowest BCUT2D eigenvalue weighted by Crippen LogP contribution is -2.61. The third kappa shape index (κ3) is 5.03. The minimum atomic E-state index is -4.70. The van der Waals surface area contributed by atoms with Crippen LogP contribution in [0.4, 0.5) is 18.9 Å². The Bertz CT molecular complexity index is 1000. The van der Waals surface area contributed by atoms with Crippen LogP contribution >= 0.6 is 0 Å². The molecule has 1 aromatic carbocycles. The Morgan fingerprint density at radius 3 is 2.72 bits per heavy atom. The first-order valence-corrected chi connectivity index (χ1v) is 9.73. The number of anilines is 1. The van der Waals surface area contributed by atoms with Crippen LogP contribution in [-0.4, -0.2) is 62.7 Å². The first kappa shape index (κ1) is 23.1. The van der Waals surface area contributed by atoms with Gasteiger partial charge in [-0.25, -0.2) is 0 Å². The molecule has 3 rings (SSSR count). The summed E-state index contributed by atoms with van der Waals surface area (Å²) in [5.74, 6) is -0.889. The van der Waals surface area contributed by atoms with Gasteiger partial charge in [0.05, 0.1) is 30.1 Å². The standard InChI is InChI=1S/C21H21F3N4O4/c1-31-10-6-26-19(29)17-13-27(7-8-28(17)20(30)18-3-2-9-32-18)15-5-4-14(12-25)16(11-15)21(22,23)24/h2-5,9,11,17H,6-8,10,13H2,1H3,(H,26,29). The molecule has 8 nitrogen and oxygen atoms in total. The Kier molecular flexibility index (Phi) is 7.05. The Hall–Kier alpha value is -3.52. The number of piperazine rings is 1. The second-order valence-electron chi connectivity index (χ2n) is 7.06. The molecule has 1 aliphatic heterocycles. The van der Waals surface area contributed by atoms with Crippen molar-refractivity contribution in [3.8, 4) is 6.07 Å². The average Bonchev–Trinajstić information content (AvgIpc) is 3.32. The van der Waals surface area contributed by atoms with E-state index in [1.165, 1.54) is 30.4 Å². The van der Waals surface area contributed by atoms with Gasteiger partial charge in [-0.05, 0) is 30.3 Å². The van der Waals surface area contributed by atoms with Crippen LogP contribution in [0.15, 0.2) is 41.0 Å². The summed E-state index contributed by atoms with van der Waals surface area (Å²) in [6.07, 6.45) is -3.36. The Labute approximate surface area is 182 Å². The SMILES string of the molecule is COCCNC(=O)C1CN(c2ccc(C#N)c(C(F)(F)F)c2)CCN1C(=O)c1ccco1. The highest BCUT2D eigenvalue weighted by atomic mass is 19.4. The number of furan rings is 1. The van der Waals surface area contributed by atoms with Crippen LogP contribution in [0.1, 0.15) is 21.7 Å². The molecule has 2 heterocycles. The number of nitriles is 1. The predicted molar refractivity (Wildman–Crippen MR) is 107 cm³/mol. The Morgan fingerprint density at radius 2 is 2.09 bits per heavy atom. The molecule has 1 aliphatic rings. The lowest BCUT2D eigenvalue weighted by atomic mass is 10.0. The van der Waals surface area contributed by atoms with E-state index in [1.54, 1.807) is 17.0 Å². The smallest absolute Gasteiger partial charge is 0.417 e. The molecule has 170 valence electrons. The van der Waals surface area contributed by atoms with Gasteiger partial charge in [-0.1, -0.05) is 0 Å². The summed E-state index contributed by atoms with van der Waals surface area (Å²) >= 11 is 0. The van der Waals surface area contributed by atoms with Gasteiger partial charge in [0.15, 0.2) is 5.76 Å². The van der Waals surface area contributed by atoms with E-state index in [-0.39, 0.29) is 44.2 Å². The summed E-state index contributed by atoms with van der Waals surface area (Å²) in [6.45, 7) is 0.720. The fourth-order valence-corrected chi connectivity index (χ4v) is 3.48. The molecule has 1 atom stereocenters. The van der Waals surface area contributed by atoms with Crippen molar-refractivity contribution in [1.29, 1.82) is 5.26 Å². The van der Waals surface area contributed by atoms with Crippen molar-refractivity contribution in [3.05, 3.63) is 53.5 Å². The van der Waals surface area contributed by atoms with Gasteiger partial charge in [0.1, 0.15) is 6.04 Å². The second kappa shape index (κ2) is 9.74. The molecule has 0 bridgehead atoms. The van der Waals surface area contributed by atoms with E-state index in [4.69, 9.17) is 14.4 Å². The van der Waals surface area contributed by atoms with Gasteiger partial charge in [-0.15, -0.1) is 0 Å². The fourth-order valence-electron chi connectivity index (χ4n) is 3.48. The molecule has 0 saturated carbocycles. The van der Waals surface area contributed by atoms with Crippen molar-refractivity contribution < 1.29 is 31.9 Å². The summed E-state index contributed by atoms with van der Waals surface area (Å²) in [4.78, 5) is 28.6. The van der Waals surface area contributed by atoms with Crippen LogP contribution in [-0.2, 0) is 15.7 Å². The van der Waals surface area contributed by atoms with E-state index in [9.17, 15) is 22.8 Å². The number of hydrogen-bond acceptors (Lipinski definition) is 6. The number of nitrogens with zero attached hydrogens (tertiary/aromatic N) is 3. The minimum absolute atomic E-state index is 0.0333. The van der Waals surface area contributed by atoms with Gasteiger partial charge < -0.3 is 24.3 Å². The van der Waals surface area contributed by atoms with E-state index >= 15 is 0 Å². The van der Waals surface area contributed by atoms with Gasteiger partial charge in [-0.2, -0.15) is 18.4 Å². The van der Waals surface area contributed by atoms with E-state index in [0.717, 1.165) is 12.1 Å². The molecule has 32 heavy (non-hydrogen) atoms. The van der Waals surface area contributed by atoms with Crippen LogP contribution in [0, 0.1) is 11.3 Å². The van der Waals surface area contributed by atoms with Gasteiger partial charge in [-0.3, -0.25) is 9.59 Å². The number of nitrogens with one attached hydrogen (secondary N) is 1. The number of carbonyl (C=O) groups excluding carboxylic acids is 2. The number of rotatable bonds is 6. The summed E-state index contributed by atoms with van der Waals surface area (Å²) in [7, 11) is 1.48. The van der Waals surface area contributed by atoms with E-state index < -0.39 is 35.2 Å². The fraction of sp³-hybridized carbons (Fsp3) is 0.381. The number of ether oxygens (including phenoxy) is 1. The van der Waals surface area contributed by atoms with Crippen molar-refractivity contribution in [3.63, 3.8) is 0 Å². The van der Waals surface area contributed by atoms with E-state index in [1.807, 2.05) is 0 Å². The largest absolute Gasteiger partial charge is 0.459 e. The lowest BCUT2D eigenvalue weighted by Gasteiger charge is -2.41. The molecule has 1 fully saturated rings. The normalized spacial score (nSPS) is 16.5. The van der Waals surface area contributed by atoms with Crippen LogP contribution in [0.2, 0.25) is 0 Å². The van der Waals surface area contributed by atoms with Crippen molar-refractivity contribution in [2.45, 2.75) is 12.2 Å². The topological polar surface area (TPSA) is 98.8 Å². The minimum Gasteiger partial charge on any atom is -0.459 e. The first-order chi connectivity index (χ1) is 15.3. The average molecular weight is 450 g/mol. The molecule has 1 aromatic heterocycles. The molecular weight excluding hydrogens is 429 g/mol. The summed E-state index contributed by atoms with van der Waals surface area (Å²) in [6, 6.07) is 7.00. The summed E-state index contributed by atoms with van der Waals surface area (Å²) < 4.78 is 50.2. The zero-order valence-corrected chi connectivity index (χ0v) is 17.2. The zero-order chi connectivity index (χ0) is 23.3. The maximum absolute atomic E-state index is 13.4. The lowest BCUT2D eigenvalue weighted by molar-refractivity contribution is -0.137. The molecule has 1 saturated heterocycles. The highest BCUT2D eigenvalue weighted by Crippen LogP contribution is 2.35. The van der Waals surface area contributed by atoms with Gasteiger partial charge >= 0.3 is 6.18 Å². The summed E-state index contributed by atoms with van der Waals surface area (Å²) in [5, 5.41) is 11.7. The Balaban J connectivity index is 1.87. The van der Waals surface area contributed by atoms with Gasteiger partial charge in [0.2, 0.25) is 5.91 Å². The predicted octanol–water partition coefficient (Wildman–Crippen LogP) is 2.26. The number of carbonyl (C=O) groups is 2. The molecular formula is C21H21F3N4O4. The zero-order valence-electron chi connectivity index (χ0n) is 17.2. The van der Waals surface area contributed by atoms with Crippen molar-refractivity contribution in [2.75, 3.05) is 44.8 Å². The quantitative estimate of drug-likeness (QED) is 0.678. The second-order valence-corrected chi connectivity index (χ2v) is 7.06. The van der Waals surface area contributed by atoms with Gasteiger partial charge in [0.25, 0.3) is 5.91 Å². The molecule has 11 heteroatoms. The van der Waals surface area contributed by atoms with Crippen LogP contribution < -0.4 is 10.2 Å². The third-order valence-corrected chi connectivity index (χ3v) is 5.08. The third-order valence-electron chi connectivity index (χ3n) is 5.08. The summed E-state index contributed by atoms with van der Waals surface area (Å²) in [5.41, 5.74) is -1.33. The van der Waals surface area contributed by atoms with Crippen LogP contribution in [0.3, 0.4) is 0 Å². The maximum atomic E-state index is 13.4. The number of benzene rings is 1. The maximum Gasteiger partial charge on any atom is 0.417 e. The van der Waals surface area contributed by atoms with Crippen molar-refractivity contribution >= 4 is 17.5 Å². The highest BCUT2D eigenvalue weighted by molar-refractivity contribution is 5.96. The van der Waals surface area contributed by atoms with E-state index in [2.05, 4.69) is 5.32 Å². The Morgan fingerprint density at radius 1 is 1.31 bits per heavy atom. The molecule has 0 radical (unpaired) electrons. The van der Waals surface area contributed by atoms with Crippen LogP contribution in [0.25, 0.3) is 0 Å². The molecule has 0 spiro atoms. The van der Waals surface area contributed by atoms with Crippen LogP contribution in [0.5, 0.6) is 0 Å². The van der Waals surface area contributed by atoms with Gasteiger partial charge in [0, 0.05) is 39.0 Å². The monoisotopic (exact) mass is 450 g/mol. The number of methoxy groups -OCH3 is 1. The van der Waals surface area contributed by atoms with Crippen molar-refractivity contribution in [1.82, 2.24) is 10.2 Å². The number of hydrogen-bond donors (Lipinski definition) is 1. The first-order valence-electron chi connectivity index (χ1n) is 9.73. The molecule has 2 aromatic rings. The molecule has 1 N–H and O–H groups in total. The highest BCUT2D eigenvalue weighted by Gasteiger charge is 2.38. The van der Waals surface area contributed by atoms with E-state index in [0.29, 0.717) is 0 Å². The molecule has 2 amide bonds. The van der Waals surface area contributed by atoms with Crippen molar-refractivity contribution in [2.24, 2.45) is 0 Å². The number of alkyl halides is 3. The number of halogens is 3. The number of amides is 2. The molecule has 1 unspecified atom stereocenters. The molecule has 0 aliphatic carbocycles.